The van der Waals surface area contributed by atoms with Gasteiger partial charge in [-0.15, -0.1) is 13.2 Å². The van der Waals surface area contributed by atoms with E-state index in [0.717, 1.165) is 0 Å². The van der Waals surface area contributed by atoms with Crippen LogP contribution in [0.2, 0.25) is 0 Å². The zero-order chi connectivity index (χ0) is 16.6. The second-order valence-electron chi connectivity index (χ2n) is 4.77. The fraction of sp³-hybridized carbons (Fsp3) is 0.0625. The summed E-state index contributed by atoms with van der Waals surface area (Å²) < 4.78 is 42.5. The number of carboxylic acid groups (broad SMARTS) is 1. The largest absolute Gasteiger partial charge is 0.573 e. The molecule has 1 heterocycles. The molecule has 0 atom stereocenters. The summed E-state index contributed by atoms with van der Waals surface area (Å²) in [5, 5.41) is 9.68. The van der Waals surface area contributed by atoms with Gasteiger partial charge in [0, 0.05) is 23.3 Å². The van der Waals surface area contributed by atoms with Crippen LogP contribution in [0.5, 0.6) is 5.75 Å². The monoisotopic (exact) mass is 321 g/mol. The van der Waals surface area contributed by atoms with Crippen molar-refractivity contribution >= 4 is 16.9 Å². The summed E-state index contributed by atoms with van der Waals surface area (Å²) in [5.41, 5.74) is 1.14. The highest BCUT2D eigenvalue weighted by atomic mass is 19.4. The van der Waals surface area contributed by atoms with Crippen molar-refractivity contribution in [3.8, 4) is 11.4 Å². The molecule has 0 amide bonds. The lowest BCUT2D eigenvalue weighted by molar-refractivity contribution is -0.274. The van der Waals surface area contributed by atoms with Gasteiger partial charge in [-0.1, -0.05) is 12.1 Å². The van der Waals surface area contributed by atoms with Crippen LogP contribution >= 0.6 is 0 Å². The van der Waals surface area contributed by atoms with Crippen LogP contribution in [0.25, 0.3) is 16.6 Å². The maximum absolute atomic E-state index is 12.3. The fourth-order valence-corrected chi connectivity index (χ4v) is 2.41. The van der Waals surface area contributed by atoms with Gasteiger partial charge in [-0.2, -0.15) is 0 Å². The Bertz CT molecular complexity index is 884. The van der Waals surface area contributed by atoms with Crippen LogP contribution in [0.3, 0.4) is 0 Å². The summed E-state index contributed by atoms with van der Waals surface area (Å²) >= 11 is 0. The number of fused-ring (bicyclic) bond motifs is 1. The third-order valence-corrected chi connectivity index (χ3v) is 3.29. The second-order valence-corrected chi connectivity index (χ2v) is 4.77. The van der Waals surface area contributed by atoms with E-state index in [1.807, 2.05) is 0 Å². The van der Waals surface area contributed by atoms with Gasteiger partial charge < -0.3 is 14.4 Å². The number of alkyl halides is 3. The van der Waals surface area contributed by atoms with Crippen molar-refractivity contribution in [2.45, 2.75) is 6.36 Å². The number of hydrogen-bond acceptors (Lipinski definition) is 2. The smallest absolute Gasteiger partial charge is 0.478 e. The van der Waals surface area contributed by atoms with E-state index in [0.29, 0.717) is 16.6 Å². The standard InChI is InChI=1S/C16H10F3NO3/c17-16(18,19)23-11-4-1-3-10(9-11)20-8-7-12-13(15(21)22)5-2-6-14(12)20/h1-9H,(H,21,22). The molecule has 3 rings (SSSR count). The average Bonchev–Trinajstić information content (AvgIpc) is 2.89. The van der Waals surface area contributed by atoms with Crippen molar-refractivity contribution in [3.05, 3.63) is 60.3 Å². The predicted octanol–water partition coefficient (Wildman–Crippen LogP) is 4.23. The maximum Gasteiger partial charge on any atom is 0.573 e. The Morgan fingerprint density at radius 3 is 2.52 bits per heavy atom. The molecule has 0 aliphatic rings. The normalized spacial score (nSPS) is 11.6. The highest BCUT2D eigenvalue weighted by Crippen LogP contribution is 2.28. The van der Waals surface area contributed by atoms with Crippen LogP contribution < -0.4 is 4.74 Å². The minimum Gasteiger partial charge on any atom is -0.478 e. The first-order valence-corrected chi connectivity index (χ1v) is 6.55. The third kappa shape index (κ3) is 2.98. The van der Waals surface area contributed by atoms with E-state index in [1.54, 1.807) is 35.0 Å². The molecule has 0 unspecified atom stereocenters. The number of rotatable bonds is 3. The lowest BCUT2D eigenvalue weighted by Gasteiger charge is -2.11. The van der Waals surface area contributed by atoms with E-state index >= 15 is 0 Å². The number of benzene rings is 2. The number of aromatic carboxylic acids is 1. The third-order valence-electron chi connectivity index (χ3n) is 3.29. The Balaban J connectivity index is 2.09. The molecule has 0 saturated heterocycles. The van der Waals surface area contributed by atoms with Gasteiger partial charge in [0.05, 0.1) is 11.1 Å². The summed E-state index contributed by atoms with van der Waals surface area (Å²) in [7, 11) is 0. The van der Waals surface area contributed by atoms with Crippen LogP contribution in [-0.4, -0.2) is 22.0 Å². The Kier molecular flexibility index (Phi) is 3.48. The van der Waals surface area contributed by atoms with Gasteiger partial charge in [-0.3, -0.25) is 0 Å². The number of carboxylic acids is 1. The quantitative estimate of drug-likeness (QED) is 0.785. The Morgan fingerprint density at radius 1 is 1.09 bits per heavy atom. The van der Waals surface area contributed by atoms with E-state index in [4.69, 9.17) is 0 Å². The lowest BCUT2D eigenvalue weighted by Crippen LogP contribution is -2.17. The van der Waals surface area contributed by atoms with Crippen LogP contribution in [0.1, 0.15) is 10.4 Å². The molecule has 2 aromatic carbocycles. The summed E-state index contributed by atoms with van der Waals surface area (Å²) in [5.74, 6) is -1.41. The van der Waals surface area contributed by atoms with Gasteiger partial charge in [-0.25, -0.2) is 4.79 Å². The molecule has 0 radical (unpaired) electrons. The fourth-order valence-electron chi connectivity index (χ4n) is 2.41. The molecule has 0 bridgehead atoms. The molecule has 118 valence electrons. The predicted molar refractivity (Wildman–Crippen MR) is 76.9 cm³/mol. The molecule has 0 aliphatic carbocycles. The zero-order valence-electron chi connectivity index (χ0n) is 11.5. The highest BCUT2D eigenvalue weighted by Gasteiger charge is 2.31. The summed E-state index contributed by atoms with van der Waals surface area (Å²) in [6.07, 6.45) is -3.17. The first-order valence-electron chi connectivity index (χ1n) is 6.55. The van der Waals surface area contributed by atoms with E-state index in [-0.39, 0.29) is 11.3 Å². The summed E-state index contributed by atoms with van der Waals surface area (Å²) in [6, 6.07) is 11.8. The van der Waals surface area contributed by atoms with Gasteiger partial charge in [0.25, 0.3) is 0 Å². The van der Waals surface area contributed by atoms with Gasteiger partial charge >= 0.3 is 12.3 Å². The Hall–Kier alpha value is -2.96. The second kappa shape index (κ2) is 5.35. The summed E-state index contributed by atoms with van der Waals surface area (Å²) in [6.45, 7) is 0. The van der Waals surface area contributed by atoms with Gasteiger partial charge in [-0.05, 0) is 30.3 Å². The van der Waals surface area contributed by atoms with Gasteiger partial charge in [0.1, 0.15) is 5.75 Å². The van der Waals surface area contributed by atoms with Crippen LogP contribution in [0.15, 0.2) is 54.7 Å². The van der Waals surface area contributed by atoms with E-state index in [2.05, 4.69) is 4.74 Å². The minimum atomic E-state index is -4.77. The van der Waals surface area contributed by atoms with Crippen molar-refractivity contribution in [3.63, 3.8) is 0 Å². The first-order chi connectivity index (χ1) is 10.8. The molecule has 4 nitrogen and oxygen atoms in total. The zero-order valence-corrected chi connectivity index (χ0v) is 11.5. The number of nitrogens with zero attached hydrogens (tertiary/aromatic N) is 1. The maximum atomic E-state index is 12.3. The van der Waals surface area contributed by atoms with Crippen LogP contribution in [0.4, 0.5) is 13.2 Å². The van der Waals surface area contributed by atoms with Crippen LogP contribution in [0, 0.1) is 0 Å². The SMILES string of the molecule is O=C(O)c1cccc2c1ccn2-c1cccc(OC(F)(F)F)c1. The number of carbonyl (C=O) groups is 1. The van der Waals surface area contributed by atoms with Gasteiger partial charge in [0.15, 0.2) is 0 Å². The molecule has 23 heavy (non-hydrogen) atoms. The topological polar surface area (TPSA) is 51.5 Å². The molecule has 7 heteroatoms. The first kappa shape index (κ1) is 15.0. The van der Waals surface area contributed by atoms with E-state index < -0.39 is 12.3 Å². The van der Waals surface area contributed by atoms with E-state index in [9.17, 15) is 23.1 Å². The molecular formula is C16H10F3NO3. The Labute approximate surface area is 128 Å². The highest BCUT2D eigenvalue weighted by molar-refractivity contribution is 6.03. The van der Waals surface area contributed by atoms with Gasteiger partial charge in [0.2, 0.25) is 0 Å². The van der Waals surface area contributed by atoms with E-state index in [1.165, 1.54) is 24.3 Å². The minimum absolute atomic E-state index is 0.129. The molecule has 3 aromatic rings. The molecule has 0 aliphatic heterocycles. The molecule has 0 saturated carbocycles. The number of halogens is 3. The van der Waals surface area contributed by atoms with Crippen molar-refractivity contribution in [1.29, 1.82) is 0 Å². The molecule has 1 N–H and O–H groups in total. The lowest BCUT2D eigenvalue weighted by atomic mass is 10.1. The molecule has 0 fully saturated rings. The van der Waals surface area contributed by atoms with Crippen molar-refractivity contribution in [1.82, 2.24) is 4.57 Å². The van der Waals surface area contributed by atoms with Crippen LogP contribution in [-0.2, 0) is 0 Å². The summed E-state index contributed by atoms with van der Waals surface area (Å²) in [4.78, 5) is 11.2. The Morgan fingerprint density at radius 2 is 1.83 bits per heavy atom. The van der Waals surface area contributed by atoms with Crippen molar-refractivity contribution in [2.24, 2.45) is 0 Å². The molecular weight excluding hydrogens is 311 g/mol. The number of ether oxygens (including phenoxy) is 1. The number of aromatic nitrogens is 1. The average molecular weight is 321 g/mol. The van der Waals surface area contributed by atoms with Crippen molar-refractivity contribution < 1.29 is 27.8 Å². The molecule has 1 aromatic heterocycles. The van der Waals surface area contributed by atoms with Crippen molar-refractivity contribution in [2.75, 3.05) is 0 Å². The number of hydrogen-bond donors (Lipinski definition) is 1. The molecule has 0 spiro atoms.